The molecule has 2 aromatic rings. The number of amides is 1. The van der Waals surface area contributed by atoms with E-state index in [1.54, 1.807) is 0 Å². The Hall–Kier alpha value is -2.74. The summed E-state index contributed by atoms with van der Waals surface area (Å²) in [6.45, 7) is 8.94. The van der Waals surface area contributed by atoms with Crippen molar-refractivity contribution in [2.24, 2.45) is 5.92 Å². The molecule has 2 heterocycles. The van der Waals surface area contributed by atoms with Crippen LogP contribution >= 0.6 is 0 Å². The second-order valence-corrected chi connectivity index (χ2v) is 7.06. The summed E-state index contributed by atoms with van der Waals surface area (Å²) in [6.07, 6.45) is 0. The molecule has 1 aromatic carbocycles. The Kier molecular flexibility index (Phi) is 5.85. The maximum atomic E-state index is 12.2. The van der Waals surface area contributed by atoms with Gasteiger partial charge in [-0.1, -0.05) is 32.0 Å². The van der Waals surface area contributed by atoms with Crippen molar-refractivity contribution in [1.29, 1.82) is 0 Å². The third kappa shape index (κ3) is 4.71. The average Bonchev–Trinajstić information content (AvgIpc) is 2.67. The first-order valence-electron chi connectivity index (χ1n) is 9.30. The highest BCUT2D eigenvalue weighted by Gasteiger charge is 2.27. The van der Waals surface area contributed by atoms with E-state index in [1.165, 1.54) is 0 Å². The Bertz CT molecular complexity index is 773. The molecule has 1 saturated heterocycles. The number of aromatic nitrogens is 3. The monoisotopic (exact) mass is 369 g/mol. The maximum Gasteiger partial charge on any atom is 0.232 e. The van der Waals surface area contributed by atoms with Gasteiger partial charge in [0.1, 0.15) is 0 Å². The fraction of sp³-hybridized carbons (Fsp3) is 0.474. The van der Waals surface area contributed by atoms with E-state index in [0.717, 1.165) is 31.9 Å². The molecule has 3 N–H and O–H groups in total. The van der Waals surface area contributed by atoms with Gasteiger partial charge in [-0.3, -0.25) is 9.69 Å². The number of carbonyl (C=O) groups excluding carboxylic acids is 1. The van der Waals surface area contributed by atoms with Crippen molar-refractivity contribution in [3.05, 3.63) is 36.2 Å². The molecule has 1 atom stereocenters. The van der Waals surface area contributed by atoms with E-state index in [0.29, 0.717) is 11.8 Å². The van der Waals surface area contributed by atoms with E-state index in [9.17, 15) is 4.79 Å². The number of nitrogen functional groups attached to an aromatic ring is 1. The van der Waals surface area contributed by atoms with Crippen molar-refractivity contribution in [3.8, 4) is 0 Å². The summed E-state index contributed by atoms with van der Waals surface area (Å²) in [5.74, 6) is 1.50. The minimum Gasteiger partial charge on any atom is -0.368 e. The molecule has 1 amide bonds. The Morgan fingerprint density at radius 3 is 2.33 bits per heavy atom. The second kappa shape index (κ2) is 8.30. The van der Waals surface area contributed by atoms with Crippen molar-refractivity contribution in [2.75, 3.05) is 37.2 Å². The fourth-order valence-corrected chi connectivity index (χ4v) is 3.16. The predicted octanol–water partition coefficient (Wildman–Crippen LogP) is 2.06. The number of rotatable bonds is 5. The minimum absolute atomic E-state index is 0.0112. The summed E-state index contributed by atoms with van der Waals surface area (Å²) < 4.78 is 0. The number of benzene rings is 1. The van der Waals surface area contributed by atoms with E-state index in [1.807, 2.05) is 49.1 Å². The normalized spacial score (nSPS) is 16.4. The quantitative estimate of drug-likeness (QED) is 0.832. The first-order chi connectivity index (χ1) is 12.9. The van der Waals surface area contributed by atoms with Gasteiger partial charge in [0, 0.05) is 37.8 Å². The molecule has 0 saturated carbocycles. The summed E-state index contributed by atoms with van der Waals surface area (Å²) >= 11 is 0. The predicted molar refractivity (Wildman–Crippen MR) is 105 cm³/mol. The molecule has 1 aliphatic heterocycles. The van der Waals surface area contributed by atoms with Crippen LogP contribution in [0.1, 0.15) is 32.6 Å². The van der Waals surface area contributed by atoms with Gasteiger partial charge in [0.2, 0.25) is 17.8 Å². The largest absolute Gasteiger partial charge is 0.368 e. The van der Waals surface area contributed by atoms with Crippen molar-refractivity contribution in [1.82, 2.24) is 24.8 Å². The number of nitrogens with one attached hydrogen (secondary N) is 1. The van der Waals surface area contributed by atoms with Gasteiger partial charge in [-0.2, -0.15) is 15.0 Å². The lowest BCUT2D eigenvalue weighted by molar-refractivity contribution is -0.136. The van der Waals surface area contributed by atoms with Crippen molar-refractivity contribution in [3.63, 3.8) is 0 Å². The number of carbonyl (C=O) groups is 1. The van der Waals surface area contributed by atoms with Gasteiger partial charge in [0.25, 0.3) is 0 Å². The zero-order chi connectivity index (χ0) is 19.4. The molecular weight excluding hydrogens is 342 g/mol. The molecule has 1 unspecified atom stereocenters. The molecule has 3 rings (SSSR count). The fourth-order valence-electron chi connectivity index (χ4n) is 3.16. The summed E-state index contributed by atoms with van der Waals surface area (Å²) in [5, 5.41) is 3.16. The highest BCUT2D eigenvalue weighted by Crippen LogP contribution is 2.21. The molecule has 27 heavy (non-hydrogen) atoms. The maximum absolute atomic E-state index is 12.2. The Morgan fingerprint density at radius 2 is 1.70 bits per heavy atom. The van der Waals surface area contributed by atoms with Crippen LogP contribution in [0.2, 0.25) is 0 Å². The van der Waals surface area contributed by atoms with Gasteiger partial charge in [0.15, 0.2) is 5.82 Å². The number of para-hydroxylation sites is 1. The van der Waals surface area contributed by atoms with Crippen LogP contribution in [0.5, 0.6) is 0 Å². The van der Waals surface area contributed by atoms with Gasteiger partial charge in [0.05, 0.1) is 6.04 Å². The molecule has 0 spiro atoms. The lowest BCUT2D eigenvalue weighted by atomic mass is 10.1. The minimum atomic E-state index is -0.0112. The third-order valence-corrected chi connectivity index (χ3v) is 4.74. The van der Waals surface area contributed by atoms with Crippen molar-refractivity contribution < 1.29 is 4.79 Å². The first-order valence-corrected chi connectivity index (χ1v) is 9.30. The van der Waals surface area contributed by atoms with Crippen LogP contribution in [0.15, 0.2) is 30.3 Å². The highest BCUT2D eigenvalue weighted by atomic mass is 16.2. The molecule has 8 heteroatoms. The zero-order valence-corrected chi connectivity index (χ0v) is 16.1. The van der Waals surface area contributed by atoms with Gasteiger partial charge in [-0.25, -0.2) is 0 Å². The second-order valence-electron chi connectivity index (χ2n) is 7.06. The topological polar surface area (TPSA) is 100 Å². The van der Waals surface area contributed by atoms with Gasteiger partial charge < -0.3 is 16.0 Å². The van der Waals surface area contributed by atoms with Crippen LogP contribution in [-0.2, 0) is 4.79 Å². The van der Waals surface area contributed by atoms with Crippen LogP contribution in [0.25, 0.3) is 0 Å². The molecule has 8 nitrogen and oxygen atoms in total. The highest BCUT2D eigenvalue weighted by molar-refractivity contribution is 5.78. The van der Waals surface area contributed by atoms with E-state index < -0.39 is 0 Å². The van der Waals surface area contributed by atoms with Gasteiger partial charge in [-0.15, -0.1) is 0 Å². The first kappa shape index (κ1) is 19.0. The van der Waals surface area contributed by atoms with E-state index in [4.69, 9.17) is 5.73 Å². The lowest BCUT2D eigenvalue weighted by Crippen LogP contribution is -2.50. The number of hydrogen-bond acceptors (Lipinski definition) is 7. The standard InChI is InChI=1S/C19H27N7O/c1-13(2)17(27)26-11-9-25(10-12-26)14(3)16-22-18(20)24-19(23-16)21-15-7-5-4-6-8-15/h4-8,13-14H,9-12H2,1-3H3,(H3,20,21,22,23,24). The number of nitrogens with two attached hydrogens (primary N) is 1. The summed E-state index contributed by atoms with van der Waals surface area (Å²) in [5.41, 5.74) is 6.79. The zero-order valence-electron chi connectivity index (χ0n) is 16.1. The van der Waals surface area contributed by atoms with Crippen molar-refractivity contribution >= 4 is 23.5 Å². The SMILES string of the molecule is CC(C)C(=O)N1CCN(C(C)c2nc(N)nc(Nc3ccccc3)n2)CC1. The molecule has 0 aliphatic carbocycles. The Balaban J connectivity index is 1.68. The number of nitrogens with zero attached hydrogens (tertiary/aromatic N) is 5. The molecule has 1 aliphatic rings. The summed E-state index contributed by atoms with van der Waals surface area (Å²) in [4.78, 5) is 29.4. The van der Waals surface area contributed by atoms with E-state index in [2.05, 4.69) is 32.1 Å². The van der Waals surface area contributed by atoms with E-state index in [-0.39, 0.29) is 23.8 Å². The van der Waals surface area contributed by atoms with Crippen LogP contribution in [0.4, 0.5) is 17.6 Å². The van der Waals surface area contributed by atoms with Crippen LogP contribution in [0, 0.1) is 5.92 Å². The summed E-state index contributed by atoms with van der Waals surface area (Å²) in [7, 11) is 0. The molecular formula is C19H27N7O. The number of anilines is 3. The van der Waals surface area contributed by atoms with Gasteiger partial charge >= 0.3 is 0 Å². The number of hydrogen-bond donors (Lipinski definition) is 2. The van der Waals surface area contributed by atoms with Crippen LogP contribution in [-0.4, -0.2) is 56.8 Å². The smallest absolute Gasteiger partial charge is 0.232 e. The Labute approximate surface area is 159 Å². The average molecular weight is 369 g/mol. The molecule has 0 radical (unpaired) electrons. The van der Waals surface area contributed by atoms with E-state index >= 15 is 0 Å². The number of piperazine rings is 1. The van der Waals surface area contributed by atoms with Crippen LogP contribution < -0.4 is 11.1 Å². The Morgan fingerprint density at radius 1 is 1.04 bits per heavy atom. The molecule has 1 aromatic heterocycles. The molecule has 0 bridgehead atoms. The third-order valence-electron chi connectivity index (χ3n) is 4.74. The van der Waals surface area contributed by atoms with Crippen LogP contribution in [0.3, 0.4) is 0 Å². The van der Waals surface area contributed by atoms with Crippen molar-refractivity contribution in [2.45, 2.75) is 26.8 Å². The molecule has 144 valence electrons. The molecule has 1 fully saturated rings. The van der Waals surface area contributed by atoms with Gasteiger partial charge in [-0.05, 0) is 19.1 Å². The lowest BCUT2D eigenvalue weighted by Gasteiger charge is -2.38. The summed E-state index contributed by atoms with van der Waals surface area (Å²) in [6, 6.07) is 9.69.